The summed E-state index contributed by atoms with van der Waals surface area (Å²) >= 11 is 0. The summed E-state index contributed by atoms with van der Waals surface area (Å²) in [5.41, 5.74) is 1.83. The largest absolute Gasteiger partial charge is 0.495 e. The third kappa shape index (κ3) is 5.59. The molecule has 152 valence electrons. The van der Waals surface area contributed by atoms with Gasteiger partial charge in [0.2, 0.25) is 0 Å². The number of benzene rings is 1. The van der Waals surface area contributed by atoms with Crippen LogP contribution in [0.15, 0.2) is 42.6 Å². The van der Waals surface area contributed by atoms with Crippen molar-refractivity contribution in [2.24, 2.45) is 0 Å². The minimum atomic E-state index is 0. The SMILES string of the molecule is COc1ccccc1N1CCN(CCCNc2ncccc2C(C)=O)CC1.Cl. The van der Waals surface area contributed by atoms with E-state index in [-0.39, 0.29) is 18.2 Å². The van der Waals surface area contributed by atoms with Crippen LogP contribution in [0.3, 0.4) is 0 Å². The zero-order valence-corrected chi connectivity index (χ0v) is 17.4. The molecule has 0 unspecified atom stereocenters. The molecular formula is C21H29ClN4O2. The number of para-hydroxylation sites is 2. The number of nitrogens with one attached hydrogen (secondary N) is 1. The van der Waals surface area contributed by atoms with Crippen LogP contribution in [0.25, 0.3) is 0 Å². The number of anilines is 2. The van der Waals surface area contributed by atoms with Gasteiger partial charge in [0, 0.05) is 38.9 Å². The predicted octanol–water partition coefficient (Wildman–Crippen LogP) is 3.34. The lowest BCUT2D eigenvalue weighted by Gasteiger charge is -2.36. The van der Waals surface area contributed by atoms with Crippen LogP contribution < -0.4 is 15.0 Å². The van der Waals surface area contributed by atoms with Crippen LogP contribution in [-0.4, -0.2) is 62.0 Å². The van der Waals surface area contributed by atoms with Gasteiger partial charge in [-0.15, -0.1) is 12.4 Å². The first-order chi connectivity index (χ1) is 13.2. The lowest BCUT2D eigenvalue weighted by atomic mass is 10.2. The molecule has 0 bridgehead atoms. The summed E-state index contributed by atoms with van der Waals surface area (Å²) in [4.78, 5) is 20.8. The molecule has 1 aliphatic heterocycles. The molecule has 3 rings (SSSR count). The van der Waals surface area contributed by atoms with Crippen molar-refractivity contribution in [3.05, 3.63) is 48.2 Å². The van der Waals surface area contributed by atoms with E-state index in [0.717, 1.165) is 51.4 Å². The maximum absolute atomic E-state index is 11.6. The number of carbonyl (C=O) groups excluding carboxylic acids is 1. The maximum atomic E-state index is 11.6. The Kier molecular flexibility index (Phi) is 8.54. The Balaban J connectivity index is 0.00000280. The predicted molar refractivity (Wildman–Crippen MR) is 116 cm³/mol. The molecule has 7 heteroatoms. The molecule has 1 aromatic heterocycles. The molecule has 0 aliphatic carbocycles. The van der Waals surface area contributed by atoms with Crippen molar-refractivity contribution in [1.82, 2.24) is 9.88 Å². The summed E-state index contributed by atoms with van der Waals surface area (Å²) in [5, 5.41) is 3.30. The Hall–Kier alpha value is -2.31. The zero-order chi connectivity index (χ0) is 19.1. The van der Waals surface area contributed by atoms with Crippen LogP contribution >= 0.6 is 12.4 Å². The zero-order valence-electron chi connectivity index (χ0n) is 16.6. The fourth-order valence-electron chi connectivity index (χ4n) is 3.44. The van der Waals surface area contributed by atoms with Gasteiger partial charge in [-0.1, -0.05) is 12.1 Å². The second-order valence-electron chi connectivity index (χ2n) is 6.74. The highest BCUT2D eigenvalue weighted by Crippen LogP contribution is 2.28. The van der Waals surface area contributed by atoms with E-state index in [2.05, 4.69) is 32.2 Å². The molecule has 0 radical (unpaired) electrons. The van der Waals surface area contributed by atoms with E-state index in [1.54, 1.807) is 26.3 Å². The number of rotatable bonds is 8. The molecule has 28 heavy (non-hydrogen) atoms. The third-order valence-electron chi connectivity index (χ3n) is 4.93. The number of nitrogens with zero attached hydrogens (tertiary/aromatic N) is 3. The lowest BCUT2D eigenvalue weighted by molar-refractivity contribution is 0.101. The number of hydrogen-bond acceptors (Lipinski definition) is 6. The van der Waals surface area contributed by atoms with Gasteiger partial charge in [0.1, 0.15) is 11.6 Å². The number of Topliss-reactive ketones (excluding diaryl/α,β-unsaturated/α-hetero) is 1. The highest BCUT2D eigenvalue weighted by Gasteiger charge is 2.19. The molecule has 1 saturated heterocycles. The Labute approximate surface area is 173 Å². The van der Waals surface area contributed by atoms with Crippen molar-refractivity contribution in [1.29, 1.82) is 0 Å². The van der Waals surface area contributed by atoms with Gasteiger partial charge in [-0.25, -0.2) is 4.98 Å². The van der Waals surface area contributed by atoms with Gasteiger partial charge in [0.15, 0.2) is 5.78 Å². The molecule has 1 aliphatic rings. The maximum Gasteiger partial charge on any atom is 0.163 e. The van der Waals surface area contributed by atoms with Gasteiger partial charge < -0.3 is 15.0 Å². The number of pyridine rings is 1. The molecule has 1 N–H and O–H groups in total. The molecule has 1 aromatic carbocycles. The first-order valence-electron chi connectivity index (χ1n) is 9.49. The second-order valence-corrected chi connectivity index (χ2v) is 6.74. The molecule has 1 fully saturated rings. The molecule has 2 heterocycles. The van der Waals surface area contributed by atoms with Crippen LogP contribution in [0.1, 0.15) is 23.7 Å². The average molecular weight is 405 g/mol. The van der Waals surface area contributed by atoms with Crippen LogP contribution in [-0.2, 0) is 0 Å². The van der Waals surface area contributed by atoms with Crippen LogP contribution in [0.2, 0.25) is 0 Å². The number of ketones is 1. The fourth-order valence-corrected chi connectivity index (χ4v) is 3.44. The standard InChI is InChI=1S/C21H28N4O2.ClH/c1-17(26)18-7-5-10-22-21(18)23-11-6-12-24-13-15-25(16-14-24)19-8-3-4-9-20(19)27-2;/h3-5,7-10H,6,11-16H2,1-2H3,(H,22,23);1H. The van der Waals surface area contributed by atoms with Crippen molar-refractivity contribution in [2.45, 2.75) is 13.3 Å². The van der Waals surface area contributed by atoms with E-state index < -0.39 is 0 Å². The molecule has 0 spiro atoms. The van der Waals surface area contributed by atoms with E-state index in [4.69, 9.17) is 4.74 Å². The Morgan fingerprint density at radius 2 is 1.89 bits per heavy atom. The smallest absolute Gasteiger partial charge is 0.163 e. The quantitative estimate of drug-likeness (QED) is 0.538. The average Bonchev–Trinajstić information content (AvgIpc) is 2.72. The lowest BCUT2D eigenvalue weighted by Crippen LogP contribution is -2.47. The van der Waals surface area contributed by atoms with Crippen molar-refractivity contribution >= 4 is 29.7 Å². The summed E-state index contributed by atoms with van der Waals surface area (Å²) in [6, 6.07) is 11.8. The monoisotopic (exact) mass is 404 g/mol. The van der Waals surface area contributed by atoms with Gasteiger partial charge in [-0.2, -0.15) is 0 Å². The molecule has 6 nitrogen and oxygen atoms in total. The minimum absolute atomic E-state index is 0. The Morgan fingerprint density at radius 1 is 1.14 bits per heavy atom. The summed E-state index contributed by atoms with van der Waals surface area (Å²) in [6.07, 6.45) is 2.73. The van der Waals surface area contributed by atoms with Crippen molar-refractivity contribution in [3.63, 3.8) is 0 Å². The number of halogens is 1. The number of carbonyl (C=O) groups is 1. The molecule has 2 aromatic rings. The fraction of sp³-hybridized carbons (Fsp3) is 0.429. The number of piperazine rings is 1. The van der Waals surface area contributed by atoms with E-state index in [1.165, 1.54) is 5.69 Å². The van der Waals surface area contributed by atoms with E-state index >= 15 is 0 Å². The third-order valence-corrected chi connectivity index (χ3v) is 4.93. The topological polar surface area (TPSA) is 57.7 Å². The van der Waals surface area contributed by atoms with Gasteiger partial charge in [0.05, 0.1) is 18.4 Å². The van der Waals surface area contributed by atoms with Gasteiger partial charge >= 0.3 is 0 Å². The Morgan fingerprint density at radius 3 is 2.61 bits per heavy atom. The van der Waals surface area contributed by atoms with Crippen LogP contribution in [0, 0.1) is 0 Å². The first-order valence-corrected chi connectivity index (χ1v) is 9.49. The molecule has 0 saturated carbocycles. The van der Waals surface area contributed by atoms with E-state index in [9.17, 15) is 4.79 Å². The summed E-state index contributed by atoms with van der Waals surface area (Å²) < 4.78 is 5.48. The summed E-state index contributed by atoms with van der Waals surface area (Å²) in [5.74, 6) is 1.66. The second kappa shape index (κ2) is 10.9. The minimum Gasteiger partial charge on any atom is -0.495 e. The normalized spacial score (nSPS) is 14.3. The van der Waals surface area contributed by atoms with E-state index in [0.29, 0.717) is 11.4 Å². The Bertz CT molecular complexity index is 764. The summed E-state index contributed by atoms with van der Waals surface area (Å²) in [7, 11) is 1.72. The number of ether oxygens (including phenoxy) is 1. The highest BCUT2D eigenvalue weighted by atomic mass is 35.5. The van der Waals surface area contributed by atoms with Crippen molar-refractivity contribution in [2.75, 3.05) is 56.6 Å². The first kappa shape index (κ1) is 22.0. The molecule has 0 atom stereocenters. The van der Waals surface area contributed by atoms with Crippen LogP contribution in [0.5, 0.6) is 5.75 Å². The summed E-state index contributed by atoms with van der Waals surface area (Å²) in [6.45, 7) is 7.51. The van der Waals surface area contributed by atoms with Crippen molar-refractivity contribution in [3.8, 4) is 5.75 Å². The number of hydrogen-bond donors (Lipinski definition) is 1. The number of aromatic nitrogens is 1. The molecule has 0 amide bonds. The van der Waals surface area contributed by atoms with Gasteiger partial charge in [-0.3, -0.25) is 9.69 Å². The highest BCUT2D eigenvalue weighted by molar-refractivity contribution is 5.98. The number of methoxy groups -OCH3 is 1. The molecular weight excluding hydrogens is 376 g/mol. The van der Waals surface area contributed by atoms with Crippen LogP contribution in [0.4, 0.5) is 11.5 Å². The van der Waals surface area contributed by atoms with E-state index in [1.807, 2.05) is 18.2 Å². The van der Waals surface area contributed by atoms with Gasteiger partial charge in [0.25, 0.3) is 0 Å². The van der Waals surface area contributed by atoms with Crippen molar-refractivity contribution < 1.29 is 9.53 Å². The van der Waals surface area contributed by atoms with Gasteiger partial charge in [-0.05, 0) is 44.2 Å².